The molecule has 2 heterocycles. The molecule has 0 bridgehead atoms. The molecule has 120 valence electrons. The summed E-state index contributed by atoms with van der Waals surface area (Å²) < 4.78 is 27.3. The molecule has 0 saturated carbocycles. The first-order valence-electron chi connectivity index (χ1n) is 7.55. The first-order valence-corrected chi connectivity index (χ1v) is 8.99. The fourth-order valence-electron chi connectivity index (χ4n) is 3.16. The quantitative estimate of drug-likeness (QED) is 0.864. The molecule has 1 atom stereocenters. The molecule has 2 aliphatic rings. The lowest BCUT2D eigenvalue weighted by atomic mass is 10.2. The Morgan fingerprint density at radius 1 is 1.32 bits per heavy atom. The van der Waals surface area contributed by atoms with Crippen LogP contribution in [0.25, 0.3) is 0 Å². The first-order chi connectivity index (χ1) is 10.4. The van der Waals surface area contributed by atoms with Crippen LogP contribution in [-0.2, 0) is 21.2 Å². The van der Waals surface area contributed by atoms with Gasteiger partial charge in [-0.25, -0.2) is 8.42 Å². The summed E-state index contributed by atoms with van der Waals surface area (Å²) in [6.07, 6.45) is 0.777. The molecular weight excluding hydrogens is 302 g/mol. The van der Waals surface area contributed by atoms with Crippen LogP contribution in [0, 0.1) is 0 Å². The molecule has 0 radical (unpaired) electrons. The molecule has 6 nitrogen and oxygen atoms in total. The minimum atomic E-state index is -3.53. The minimum Gasteiger partial charge on any atom is -0.314 e. The van der Waals surface area contributed by atoms with Crippen LogP contribution in [0.15, 0.2) is 23.1 Å². The molecule has 1 aromatic carbocycles. The molecule has 0 aliphatic carbocycles. The van der Waals surface area contributed by atoms with Crippen molar-refractivity contribution in [3.05, 3.63) is 23.8 Å². The molecule has 0 unspecified atom stereocenters. The fraction of sp³-hybridized carbons (Fsp3) is 0.533. The molecule has 0 aromatic heterocycles. The van der Waals surface area contributed by atoms with Crippen molar-refractivity contribution in [2.75, 3.05) is 31.1 Å². The van der Waals surface area contributed by atoms with E-state index in [-0.39, 0.29) is 16.8 Å². The zero-order valence-electron chi connectivity index (χ0n) is 12.9. The standard InChI is InChI=1S/C15H21N3O3S/c1-11-10-16-6-8-18(11)22(20,21)14-4-3-13-5-7-17(12(2)19)15(13)9-14/h3-4,9,11,16H,5-8,10H2,1-2H3/t11-/m0/s1. The van der Waals surface area contributed by atoms with E-state index in [1.54, 1.807) is 17.0 Å². The van der Waals surface area contributed by atoms with Gasteiger partial charge in [-0.15, -0.1) is 0 Å². The molecule has 1 amide bonds. The first kappa shape index (κ1) is 15.5. The highest BCUT2D eigenvalue weighted by Crippen LogP contribution is 2.32. The SMILES string of the molecule is CC(=O)N1CCc2ccc(S(=O)(=O)N3CCNC[C@@H]3C)cc21. The summed E-state index contributed by atoms with van der Waals surface area (Å²) in [5.74, 6) is -0.0520. The Bertz CT molecular complexity index is 702. The molecule has 0 spiro atoms. The summed E-state index contributed by atoms with van der Waals surface area (Å²) in [7, 11) is -3.53. The summed E-state index contributed by atoms with van der Waals surface area (Å²) in [5.41, 5.74) is 1.76. The van der Waals surface area contributed by atoms with E-state index >= 15 is 0 Å². The topological polar surface area (TPSA) is 69.7 Å². The van der Waals surface area contributed by atoms with Crippen LogP contribution in [0.5, 0.6) is 0 Å². The summed E-state index contributed by atoms with van der Waals surface area (Å²) in [5, 5.41) is 3.19. The largest absolute Gasteiger partial charge is 0.314 e. The number of sulfonamides is 1. The van der Waals surface area contributed by atoms with E-state index in [0.717, 1.165) is 17.7 Å². The van der Waals surface area contributed by atoms with Gasteiger partial charge in [0, 0.05) is 44.8 Å². The predicted molar refractivity (Wildman–Crippen MR) is 84.4 cm³/mol. The zero-order valence-corrected chi connectivity index (χ0v) is 13.7. The highest BCUT2D eigenvalue weighted by Gasteiger charge is 2.32. The number of fused-ring (bicyclic) bond motifs is 1. The lowest BCUT2D eigenvalue weighted by Gasteiger charge is -2.33. The van der Waals surface area contributed by atoms with Gasteiger partial charge in [0.15, 0.2) is 0 Å². The van der Waals surface area contributed by atoms with Crippen molar-refractivity contribution in [3.8, 4) is 0 Å². The molecular formula is C15H21N3O3S. The molecule has 22 heavy (non-hydrogen) atoms. The minimum absolute atomic E-state index is 0.0520. The van der Waals surface area contributed by atoms with E-state index in [0.29, 0.717) is 26.2 Å². The number of anilines is 1. The van der Waals surface area contributed by atoms with Crippen LogP contribution in [0.2, 0.25) is 0 Å². The fourth-order valence-corrected chi connectivity index (χ4v) is 4.81. The molecule has 1 aromatic rings. The highest BCUT2D eigenvalue weighted by atomic mass is 32.2. The van der Waals surface area contributed by atoms with E-state index in [1.807, 2.05) is 13.0 Å². The monoisotopic (exact) mass is 323 g/mol. The van der Waals surface area contributed by atoms with Gasteiger partial charge in [-0.1, -0.05) is 6.07 Å². The summed E-state index contributed by atoms with van der Waals surface area (Å²) in [6, 6.07) is 5.06. The highest BCUT2D eigenvalue weighted by molar-refractivity contribution is 7.89. The van der Waals surface area contributed by atoms with Gasteiger partial charge in [-0.3, -0.25) is 4.79 Å². The third-order valence-electron chi connectivity index (χ3n) is 4.38. The van der Waals surface area contributed by atoms with Crippen molar-refractivity contribution in [3.63, 3.8) is 0 Å². The Hall–Kier alpha value is -1.44. The van der Waals surface area contributed by atoms with Crippen molar-refractivity contribution in [2.24, 2.45) is 0 Å². The number of piperazine rings is 1. The zero-order chi connectivity index (χ0) is 15.9. The maximum Gasteiger partial charge on any atom is 0.243 e. The maximum atomic E-state index is 12.9. The third kappa shape index (κ3) is 2.53. The number of carbonyl (C=O) groups excluding carboxylic acids is 1. The van der Waals surface area contributed by atoms with E-state index in [1.165, 1.54) is 11.2 Å². The van der Waals surface area contributed by atoms with Crippen molar-refractivity contribution in [1.82, 2.24) is 9.62 Å². The van der Waals surface area contributed by atoms with Gasteiger partial charge in [0.05, 0.1) is 4.90 Å². The van der Waals surface area contributed by atoms with Crippen molar-refractivity contribution < 1.29 is 13.2 Å². The second-order valence-electron chi connectivity index (χ2n) is 5.88. The van der Waals surface area contributed by atoms with E-state index in [4.69, 9.17) is 0 Å². The lowest BCUT2D eigenvalue weighted by Crippen LogP contribution is -2.52. The normalized spacial score (nSPS) is 22.6. The van der Waals surface area contributed by atoms with Crippen LogP contribution >= 0.6 is 0 Å². The number of carbonyl (C=O) groups is 1. The number of rotatable bonds is 2. The predicted octanol–water partition coefficient (Wildman–Crippen LogP) is 0.578. The molecule has 7 heteroatoms. The van der Waals surface area contributed by atoms with Gasteiger partial charge in [0.1, 0.15) is 0 Å². The van der Waals surface area contributed by atoms with Crippen LogP contribution in [0.3, 0.4) is 0 Å². The Labute approximate surface area is 131 Å². The summed E-state index contributed by atoms with van der Waals surface area (Å²) in [6.45, 7) is 5.82. The molecule has 1 N–H and O–H groups in total. The number of nitrogens with one attached hydrogen (secondary N) is 1. The van der Waals surface area contributed by atoms with Crippen molar-refractivity contribution >= 4 is 21.6 Å². The lowest BCUT2D eigenvalue weighted by molar-refractivity contribution is -0.116. The van der Waals surface area contributed by atoms with Gasteiger partial charge in [-0.05, 0) is 31.0 Å². The van der Waals surface area contributed by atoms with Gasteiger partial charge >= 0.3 is 0 Å². The second-order valence-corrected chi connectivity index (χ2v) is 7.77. The average Bonchev–Trinajstić information content (AvgIpc) is 2.90. The van der Waals surface area contributed by atoms with Gasteiger partial charge < -0.3 is 10.2 Å². The number of nitrogens with zero attached hydrogens (tertiary/aromatic N) is 2. The van der Waals surface area contributed by atoms with E-state index < -0.39 is 10.0 Å². The van der Waals surface area contributed by atoms with Gasteiger partial charge in [0.25, 0.3) is 0 Å². The summed E-state index contributed by atoms with van der Waals surface area (Å²) >= 11 is 0. The van der Waals surface area contributed by atoms with Crippen molar-refractivity contribution in [1.29, 1.82) is 0 Å². The summed E-state index contributed by atoms with van der Waals surface area (Å²) in [4.78, 5) is 13.6. The number of amides is 1. The Morgan fingerprint density at radius 3 is 2.77 bits per heavy atom. The van der Waals surface area contributed by atoms with E-state index in [9.17, 15) is 13.2 Å². The Balaban J connectivity index is 1.98. The maximum absolute atomic E-state index is 12.9. The molecule has 3 rings (SSSR count). The van der Waals surface area contributed by atoms with Gasteiger partial charge in [-0.2, -0.15) is 4.31 Å². The van der Waals surface area contributed by atoms with Crippen molar-refractivity contribution in [2.45, 2.75) is 31.2 Å². The Kier molecular flexibility index (Phi) is 3.96. The van der Waals surface area contributed by atoms with Crippen LogP contribution < -0.4 is 10.2 Å². The van der Waals surface area contributed by atoms with Gasteiger partial charge in [0.2, 0.25) is 15.9 Å². The number of benzene rings is 1. The molecule has 1 saturated heterocycles. The number of hydrogen-bond acceptors (Lipinski definition) is 4. The smallest absolute Gasteiger partial charge is 0.243 e. The van der Waals surface area contributed by atoms with E-state index in [2.05, 4.69) is 5.32 Å². The van der Waals surface area contributed by atoms with Crippen LogP contribution in [0.1, 0.15) is 19.4 Å². The molecule has 1 fully saturated rings. The number of hydrogen-bond donors (Lipinski definition) is 1. The molecule has 2 aliphatic heterocycles. The second kappa shape index (κ2) is 5.64. The Morgan fingerprint density at radius 2 is 2.09 bits per heavy atom. The van der Waals surface area contributed by atoms with Crippen LogP contribution in [0.4, 0.5) is 5.69 Å². The average molecular weight is 323 g/mol. The third-order valence-corrected chi connectivity index (χ3v) is 6.39. The van der Waals surface area contributed by atoms with Crippen LogP contribution in [-0.4, -0.2) is 50.9 Å².